The molecule has 0 bridgehead atoms. The Morgan fingerprint density at radius 2 is 2.06 bits per heavy atom. The number of rotatable bonds is 3. The summed E-state index contributed by atoms with van der Waals surface area (Å²) < 4.78 is 0. The van der Waals surface area contributed by atoms with Crippen molar-refractivity contribution in [2.24, 2.45) is 0 Å². The third-order valence-corrected chi connectivity index (χ3v) is 2.84. The lowest BCUT2D eigenvalue weighted by molar-refractivity contribution is 0.922. The van der Waals surface area contributed by atoms with Crippen LogP contribution in [0.5, 0.6) is 0 Å². The van der Waals surface area contributed by atoms with Crippen LogP contribution in [0.3, 0.4) is 0 Å². The quantitative estimate of drug-likeness (QED) is 0.765. The lowest BCUT2D eigenvalue weighted by atomic mass is 10.0. The maximum absolute atomic E-state index is 6.19. The van der Waals surface area contributed by atoms with E-state index in [1.807, 2.05) is 24.3 Å². The first-order chi connectivity index (χ1) is 7.81. The molecule has 2 rings (SSSR count). The highest BCUT2D eigenvalue weighted by Crippen LogP contribution is 2.27. The Balaban J connectivity index is 2.43. The van der Waals surface area contributed by atoms with E-state index in [0.717, 1.165) is 29.1 Å². The lowest BCUT2D eigenvalue weighted by Gasteiger charge is -2.06. The monoisotopic (exact) mass is 231 g/mol. The number of nitrogens with zero attached hydrogens (tertiary/aromatic N) is 1. The predicted molar refractivity (Wildman–Crippen MR) is 68.7 cm³/mol. The van der Waals surface area contributed by atoms with Gasteiger partial charge in [-0.15, -0.1) is 0 Å². The van der Waals surface area contributed by atoms with Crippen LogP contribution in [0.25, 0.3) is 11.3 Å². The van der Waals surface area contributed by atoms with Crippen molar-refractivity contribution in [3.63, 3.8) is 0 Å². The molecule has 0 fully saturated rings. The van der Waals surface area contributed by atoms with Gasteiger partial charge in [-0.3, -0.25) is 4.98 Å². The molecule has 0 aliphatic rings. The van der Waals surface area contributed by atoms with Crippen molar-refractivity contribution in [1.82, 2.24) is 4.98 Å². The van der Waals surface area contributed by atoms with Crippen molar-refractivity contribution in [3.8, 4) is 11.3 Å². The van der Waals surface area contributed by atoms with Gasteiger partial charge in [0.2, 0.25) is 0 Å². The Labute approximate surface area is 101 Å². The highest BCUT2D eigenvalue weighted by Gasteiger charge is 2.05. The van der Waals surface area contributed by atoms with Crippen molar-refractivity contribution in [1.29, 1.82) is 0 Å². The Kier molecular flexibility index (Phi) is 3.58. The second-order valence-electron chi connectivity index (χ2n) is 3.78. The summed E-state index contributed by atoms with van der Waals surface area (Å²) in [5.74, 6) is 0. The van der Waals surface area contributed by atoms with Gasteiger partial charge in [-0.25, -0.2) is 0 Å². The normalized spacial score (nSPS) is 10.4. The molecule has 82 valence electrons. The standard InChI is InChI=1S/C14H14ClN/c1-2-5-11-7-8-13(15)12(10-11)14-6-3-4-9-16-14/h3-4,6-10H,2,5H2,1H3. The molecule has 16 heavy (non-hydrogen) atoms. The molecule has 0 unspecified atom stereocenters. The first-order valence-electron chi connectivity index (χ1n) is 5.51. The fraction of sp³-hybridized carbons (Fsp3) is 0.214. The van der Waals surface area contributed by atoms with E-state index >= 15 is 0 Å². The van der Waals surface area contributed by atoms with Crippen LogP contribution in [0.2, 0.25) is 5.02 Å². The van der Waals surface area contributed by atoms with Crippen LogP contribution >= 0.6 is 11.6 Å². The predicted octanol–water partition coefficient (Wildman–Crippen LogP) is 4.35. The molecule has 0 saturated heterocycles. The minimum absolute atomic E-state index is 0.763. The summed E-state index contributed by atoms with van der Waals surface area (Å²) in [6, 6.07) is 12.0. The number of pyridine rings is 1. The van der Waals surface area contributed by atoms with Crippen molar-refractivity contribution >= 4 is 11.6 Å². The summed E-state index contributed by atoms with van der Waals surface area (Å²) >= 11 is 6.19. The summed E-state index contributed by atoms with van der Waals surface area (Å²) in [5, 5.41) is 0.763. The summed E-state index contributed by atoms with van der Waals surface area (Å²) in [6.07, 6.45) is 4.01. The number of aromatic nitrogens is 1. The average Bonchev–Trinajstić information content (AvgIpc) is 2.33. The van der Waals surface area contributed by atoms with E-state index in [1.165, 1.54) is 5.56 Å². The Hall–Kier alpha value is -1.34. The Morgan fingerprint density at radius 3 is 2.75 bits per heavy atom. The van der Waals surface area contributed by atoms with Crippen molar-refractivity contribution in [2.45, 2.75) is 19.8 Å². The average molecular weight is 232 g/mol. The lowest BCUT2D eigenvalue weighted by Crippen LogP contribution is -1.88. The third kappa shape index (κ3) is 2.42. The highest BCUT2D eigenvalue weighted by atomic mass is 35.5. The highest BCUT2D eigenvalue weighted by molar-refractivity contribution is 6.33. The van der Waals surface area contributed by atoms with Crippen LogP contribution < -0.4 is 0 Å². The van der Waals surface area contributed by atoms with Crippen LogP contribution in [0.15, 0.2) is 42.6 Å². The number of hydrogen-bond acceptors (Lipinski definition) is 1. The van der Waals surface area contributed by atoms with Gasteiger partial charge < -0.3 is 0 Å². The van der Waals surface area contributed by atoms with Gasteiger partial charge >= 0.3 is 0 Å². The molecular formula is C14H14ClN. The zero-order chi connectivity index (χ0) is 11.4. The molecule has 0 radical (unpaired) electrons. The fourth-order valence-corrected chi connectivity index (χ4v) is 1.95. The molecule has 1 heterocycles. The maximum Gasteiger partial charge on any atom is 0.0717 e. The van der Waals surface area contributed by atoms with Gasteiger partial charge in [-0.05, 0) is 36.2 Å². The van der Waals surface area contributed by atoms with E-state index in [-0.39, 0.29) is 0 Å². The van der Waals surface area contributed by atoms with E-state index in [4.69, 9.17) is 11.6 Å². The van der Waals surface area contributed by atoms with E-state index in [9.17, 15) is 0 Å². The van der Waals surface area contributed by atoms with Gasteiger partial charge in [-0.2, -0.15) is 0 Å². The van der Waals surface area contributed by atoms with Crippen LogP contribution in [-0.2, 0) is 6.42 Å². The number of halogens is 1. The largest absolute Gasteiger partial charge is 0.256 e. The molecule has 0 atom stereocenters. The molecule has 1 aromatic heterocycles. The number of benzene rings is 1. The molecule has 0 aliphatic carbocycles. The van der Waals surface area contributed by atoms with Gasteiger partial charge in [0.15, 0.2) is 0 Å². The molecule has 0 spiro atoms. The fourth-order valence-electron chi connectivity index (χ4n) is 1.73. The van der Waals surface area contributed by atoms with Gasteiger partial charge in [-0.1, -0.05) is 37.1 Å². The molecule has 2 aromatic rings. The smallest absolute Gasteiger partial charge is 0.0717 e. The third-order valence-electron chi connectivity index (χ3n) is 2.51. The SMILES string of the molecule is CCCc1ccc(Cl)c(-c2ccccn2)c1. The second kappa shape index (κ2) is 5.13. The van der Waals surface area contributed by atoms with Gasteiger partial charge in [0.1, 0.15) is 0 Å². The first-order valence-corrected chi connectivity index (χ1v) is 5.89. The molecular weight excluding hydrogens is 218 g/mol. The van der Waals surface area contributed by atoms with E-state index < -0.39 is 0 Å². The number of hydrogen-bond donors (Lipinski definition) is 0. The summed E-state index contributed by atoms with van der Waals surface area (Å²) in [4.78, 5) is 4.33. The number of aryl methyl sites for hydroxylation is 1. The summed E-state index contributed by atoms with van der Waals surface area (Å²) in [5.41, 5.74) is 3.27. The van der Waals surface area contributed by atoms with Crippen LogP contribution in [0.4, 0.5) is 0 Å². The van der Waals surface area contributed by atoms with Crippen molar-refractivity contribution in [2.75, 3.05) is 0 Å². The first kappa shape index (κ1) is 11.2. The zero-order valence-electron chi connectivity index (χ0n) is 9.28. The molecule has 1 nitrogen and oxygen atoms in total. The van der Waals surface area contributed by atoms with Crippen LogP contribution in [0.1, 0.15) is 18.9 Å². The van der Waals surface area contributed by atoms with Gasteiger partial charge in [0.05, 0.1) is 5.69 Å². The van der Waals surface area contributed by atoms with E-state index in [1.54, 1.807) is 6.20 Å². The maximum atomic E-state index is 6.19. The Morgan fingerprint density at radius 1 is 1.19 bits per heavy atom. The summed E-state index contributed by atoms with van der Waals surface area (Å²) in [6.45, 7) is 2.18. The van der Waals surface area contributed by atoms with Crippen LogP contribution in [0, 0.1) is 0 Å². The summed E-state index contributed by atoms with van der Waals surface area (Å²) in [7, 11) is 0. The molecule has 0 saturated carbocycles. The van der Waals surface area contributed by atoms with Gasteiger partial charge in [0, 0.05) is 16.8 Å². The molecule has 2 heteroatoms. The Bertz CT molecular complexity index is 465. The van der Waals surface area contributed by atoms with E-state index in [0.29, 0.717) is 0 Å². The second-order valence-corrected chi connectivity index (χ2v) is 4.19. The minimum atomic E-state index is 0.763. The van der Waals surface area contributed by atoms with Crippen LogP contribution in [-0.4, -0.2) is 4.98 Å². The van der Waals surface area contributed by atoms with Crippen molar-refractivity contribution in [3.05, 3.63) is 53.2 Å². The molecule has 0 aliphatic heterocycles. The van der Waals surface area contributed by atoms with Gasteiger partial charge in [0.25, 0.3) is 0 Å². The van der Waals surface area contributed by atoms with Crippen molar-refractivity contribution < 1.29 is 0 Å². The zero-order valence-corrected chi connectivity index (χ0v) is 10.0. The topological polar surface area (TPSA) is 12.9 Å². The molecule has 0 N–H and O–H groups in total. The minimum Gasteiger partial charge on any atom is -0.256 e. The molecule has 1 aromatic carbocycles. The van der Waals surface area contributed by atoms with E-state index in [2.05, 4.69) is 24.0 Å². The molecule has 0 amide bonds.